The maximum Gasteiger partial charge on any atom is 0.416 e. The predicted molar refractivity (Wildman–Crippen MR) is 94.7 cm³/mol. The van der Waals surface area contributed by atoms with Gasteiger partial charge in [-0.2, -0.15) is 13.2 Å². The zero-order chi connectivity index (χ0) is 19.9. The standard InChI is InChI=1S/C19H15ClF3NO3/c20-16-8-7-15(19(21,22)23)10-14(16)6-9-17(25)24-11-18(26)27-12-13-4-2-1-3-5-13/h1-10H,11-12H2,(H,24,25)/b9-6+. The highest BCUT2D eigenvalue weighted by Crippen LogP contribution is 2.32. The number of hydrogen-bond donors (Lipinski definition) is 1. The lowest BCUT2D eigenvalue weighted by atomic mass is 10.1. The summed E-state index contributed by atoms with van der Waals surface area (Å²) in [7, 11) is 0. The summed E-state index contributed by atoms with van der Waals surface area (Å²) in [6, 6.07) is 11.8. The van der Waals surface area contributed by atoms with Crippen molar-refractivity contribution in [3.8, 4) is 0 Å². The fraction of sp³-hybridized carbons (Fsp3) is 0.158. The predicted octanol–water partition coefficient (Wildman–Crippen LogP) is 4.23. The van der Waals surface area contributed by atoms with E-state index in [-0.39, 0.29) is 23.7 Å². The Kier molecular flexibility index (Phi) is 7.01. The number of nitrogens with one attached hydrogen (secondary N) is 1. The first-order valence-corrected chi connectivity index (χ1v) is 8.16. The number of halogens is 4. The summed E-state index contributed by atoms with van der Waals surface area (Å²) < 4.78 is 43.1. The molecule has 0 heterocycles. The van der Waals surface area contributed by atoms with E-state index < -0.39 is 23.6 Å². The minimum absolute atomic E-state index is 0.0355. The van der Waals surface area contributed by atoms with Crippen molar-refractivity contribution in [3.63, 3.8) is 0 Å². The van der Waals surface area contributed by atoms with Gasteiger partial charge in [-0.3, -0.25) is 9.59 Å². The fourth-order valence-electron chi connectivity index (χ4n) is 2.02. The van der Waals surface area contributed by atoms with Gasteiger partial charge in [0.2, 0.25) is 5.91 Å². The minimum atomic E-state index is -4.52. The van der Waals surface area contributed by atoms with Crippen molar-refractivity contribution >= 4 is 29.6 Å². The molecule has 0 atom stereocenters. The Morgan fingerprint density at radius 2 is 1.81 bits per heavy atom. The molecule has 8 heteroatoms. The second kappa shape index (κ2) is 9.23. The number of benzene rings is 2. The molecule has 0 unspecified atom stereocenters. The number of carbonyl (C=O) groups is 2. The van der Waals surface area contributed by atoms with Crippen LogP contribution >= 0.6 is 11.6 Å². The number of hydrogen-bond acceptors (Lipinski definition) is 3. The zero-order valence-electron chi connectivity index (χ0n) is 13.9. The van der Waals surface area contributed by atoms with Crippen molar-refractivity contribution in [2.45, 2.75) is 12.8 Å². The highest BCUT2D eigenvalue weighted by atomic mass is 35.5. The normalized spacial score (nSPS) is 11.4. The summed E-state index contributed by atoms with van der Waals surface area (Å²) in [5.74, 6) is -1.31. The Morgan fingerprint density at radius 1 is 1.11 bits per heavy atom. The topological polar surface area (TPSA) is 55.4 Å². The number of carbonyl (C=O) groups excluding carboxylic acids is 2. The first-order valence-electron chi connectivity index (χ1n) is 7.78. The molecular weight excluding hydrogens is 383 g/mol. The summed E-state index contributed by atoms with van der Waals surface area (Å²) in [6.45, 7) is -0.294. The van der Waals surface area contributed by atoms with E-state index in [9.17, 15) is 22.8 Å². The molecule has 2 rings (SSSR count). The maximum absolute atomic E-state index is 12.7. The third-order valence-electron chi connectivity index (χ3n) is 3.39. The molecule has 0 saturated carbocycles. The molecule has 0 radical (unpaired) electrons. The average Bonchev–Trinajstić information content (AvgIpc) is 2.64. The van der Waals surface area contributed by atoms with Crippen LogP contribution in [0.4, 0.5) is 13.2 Å². The van der Waals surface area contributed by atoms with Gasteiger partial charge in [-0.1, -0.05) is 41.9 Å². The number of amides is 1. The Balaban J connectivity index is 1.85. The molecule has 27 heavy (non-hydrogen) atoms. The Hall–Kier alpha value is -2.80. The van der Waals surface area contributed by atoms with Crippen LogP contribution in [0.2, 0.25) is 5.02 Å². The van der Waals surface area contributed by atoms with E-state index in [4.69, 9.17) is 16.3 Å². The number of rotatable bonds is 6. The van der Waals surface area contributed by atoms with Gasteiger partial charge < -0.3 is 10.1 Å². The average molecular weight is 398 g/mol. The number of ether oxygens (including phenoxy) is 1. The molecule has 4 nitrogen and oxygen atoms in total. The maximum atomic E-state index is 12.7. The second-order valence-electron chi connectivity index (χ2n) is 5.43. The monoisotopic (exact) mass is 397 g/mol. The molecule has 0 aliphatic carbocycles. The van der Waals surface area contributed by atoms with Crippen LogP contribution in [0.15, 0.2) is 54.6 Å². The van der Waals surface area contributed by atoms with E-state index in [0.717, 1.165) is 35.9 Å². The van der Waals surface area contributed by atoms with Crippen LogP contribution in [0.5, 0.6) is 0 Å². The minimum Gasteiger partial charge on any atom is -0.460 e. The van der Waals surface area contributed by atoms with E-state index in [1.165, 1.54) is 0 Å². The summed E-state index contributed by atoms with van der Waals surface area (Å²) in [4.78, 5) is 23.3. The zero-order valence-corrected chi connectivity index (χ0v) is 14.7. The molecule has 0 saturated heterocycles. The first-order chi connectivity index (χ1) is 12.8. The van der Waals surface area contributed by atoms with Crippen LogP contribution in [0, 0.1) is 0 Å². The van der Waals surface area contributed by atoms with Crippen molar-refractivity contribution < 1.29 is 27.5 Å². The number of esters is 1. The van der Waals surface area contributed by atoms with Crippen LogP contribution < -0.4 is 5.32 Å². The summed E-state index contributed by atoms with van der Waals surface area (Å²) in [5, 5.41) is 2.35. The SMILES string of the molecule is O=C(/C=C/c1cc(C(F)(F)F)ccc1Cl)NCC(=O)OCc1ccccc1. The third kappa shape index (κ3) is 6.79. The molecule has 0 bridgehead atoms. The van der Waals surface area contributed by atoms with Crippen LogP contribution in [0.3, 0.4) is 0 Å². The van der Waals surface area contributed by atoms with E-state index in [2.05, 4.69) is 5.32 Å². The highest BCUT2D eigenvalue weighted by Gasteiger charge is 2.30. The van der Waals surface area contributed by atoms with E-state index >= 15 is 0 Å². The summed E-state index contributed by atoms with van der Waals surface area (Å²) >= 11 is 5.83. The van der Waals surface area contributed by atoms with E-state index in [1.54, 1.807) is 24.3 Å². The lowest BCUT2D eigenvalue weighted by Gasteiger charge is -2.08. The van der Waals surface area contributed by atoms with Crippen molar-refractivity contribution in [1.29, 1.82) is 0 Å². The van der Waals surface area contributed by atoms with Gasteiger partial charge in [0.15, 0.2) is 0 Å². The molecule has 0 aliphatic rings. The van der Waals surface area contributed by atoms with E-state index in [0.29, 0.717) is 0 Å². The van der Waals surface area contributed by atoms with Crippen LogP contribution in [0.25, 0.3) is 6.08 Å². The van der Waals surface area contributed by atoms with Gasteiger partial charge in [0.05, 0.1) is 5.56 Å². The molecule has 2 aromatic rings. The lowest BCUT2D eigenvalue weighted by molar-refractivity contribution is -0.144. The molecular formula is C19H15ClF3NO3. The lowest BCUT2D eigenvalue weighted by Crippen LogP contribution is -2.29. The molecule has 0 spiro atoms. The Labute approximate surface area is 158 Å². The molecule has 0 aromatic heterocycles. The quantitative estimate of drug-likeness (QED) is 0.586. The summed E-state index contributed by atoms with van der Waals surface area (Å²) in [5.41, 5.74) is -0.0407. The van der Waals surface area contributed by atoms with Crippen LogP contribution in [-0.2, 0) is 27.1 Å². The Bertz CT molecular complexity index is 836. The van der Waals surface area contributed by atoms with Gasteiger partial charge >= 0.3 is 12.1 Å². The smallest absolute Gasteiger partial charge is 0.416 e. The molecule has 1 N–H and O–H groups in total. The van der Waals surface area contributed by atoms with Gasteiger partial charge in [0.1, 0.15) is 13.2 Å². The third-order valence-corrected chi connectivity index (χ3v) is 3.73. The van der Waals surface area contributed by atoms with Crippen molar-refractivity contribution in [1.82, 2.24) is 5.32 Å². The van der Waals surface area contributed by atoms with Gasteiger partial charge in [0, 0.05) is 11.1 Å². The van der Waals surface area contributed by atoms with Gasteiger partial charge in [0.25, 0.3) is 0 Å². The molecule has 2 aromatic carbocycles. The highest BCUT2D eigenvalue weighted by molar-refractivity contribution is 6.32. The van der Waals surface area contributed by atoms with Crippen molar-refractivity contribution in [2.75, 3.05) is 6.54 Å². The van der Waals surface area contributed by atoms with Gasteiger partial charge in [-0.25, -0.2) is 0 Å². The summed E-state index contributed by atoms with van der Waals surface area (Å²) in [6.07, 6.45) is -2.38. The Morgan fingerprint density at radius 3 is 2.48 bits per heavy atom. The number of alkyl halides is 3. The second-order valence-corrected chi connectivity index (χ2v) is 5.84. The molecule has 1 amide bonds. The van der Waals surface area contributed by atoms with Crippen molar-refractivity contribution in [3.05, 3.63) is 76.3 Å². The van der Waals surface area contributed by atoms with E-state index in [1.807, 2.05) is 6.07 Å². The first kappa shape index (κ1) is 20.5. The van der Waals surface area contributed by atoms with Gasteiger partial charge in [-0.05, 0) is 35.4 Å². The molecule has 0 fully saturated rings. The van der Waals surface area contributed by atoms with Crippen LogP contribution in [-0.4, -0.2) is 18.4 Å². The largest absolute Gasteiger partial charge is 0.460 e. The molecule has 142 valence electrons. The van der Waals surface area contributed by atoms with Crippen LogP contribution in [0.1, 0.15) is 16.7 Å². The van der Waals surface area contributed by atoms with Crippen molar-refractivity contribution in [2.24, 2.45) is 0 Å². The van der Waals surface area contributed by atoms with Gasteiger partial charge in [-0.15, -0.1) is 0 Å². The fourth-order valence-corrected chi connectivity index (χ4v) is 2.20. The molecule has 0 aliphatic heterocycles.